The van der Waals surface area contributed by atoms with Gasteiger partial charge in [-0.25, -0.2) is 8.42 Å². The van der Waals surface area contributed by atoms with E-state index in [4.69, 9.17) is 0 Å². The Hall–Kier alpha value is -0.130. The van der Waals surface area contributed by atoms with Crippen LogP contribution in [0.2, 0.25) is 0 Å². The summed E-state index contributed by atoms with van der Waals surface area (Å²) in [7, 11) is -3.19. The molecule has 0 aromatic carbocycles. The smallest absolute Gasteiger partial charge is 0.211 e. The van der Waals surface area contributed by atoms with Crippen molar-refractivity contribution in [1.29, 1.82) is 0 Å². The van der Waals surface area contributed by atoms with Gasteiger partial charge in [-0.2, -0.15) is 4.31 Å². The number of sulfonamides is 1. The minimum absolute atomic E-state index is 0.187. The van der Waals surface area contributed by atoms with Crippen LogP contribution in [0.3, 0.4) is 0 Å². The molecule has 5 heteroatoms. The van der Waals surface area contributed by atoms with Gasteiger partial charge in [0, 0.05) is 24.7 Å². The molecular formula is C16H36N2O2S. The zero-order chi connectivity index (χ0) is 17.1. The second kappa shape index (κ2) is 7.42. The average molecular weight is 321 g/mol. The van der Waals surface area contributed by atoms with Crippen LogP contribution in [0.25, 0.3) is 0 Å². The molecule has 128 valence electrons. The molecular weight excluding hydrogens is 284 g/mol. The van der Waals surface area contributed by atoms with E-state index in [9.17, 15) is 8.42 Å². The lowest BCUT2D eigenvalue weighted by atomic mass is 9.87. The topological polar surface area (TPSA) is 40.6 Å². The molecule has 0 saturated carbocycles. The Morgan fingerprint density at radius 1 is 0.952 bits per heavy atom. The number of hydrogen-bond donors (Lipinski definition) is 0. The van der Waals surface area contributed by atoms with Crippen molar-refractivity contribution in [2.24, 2.45) is 5.41 Å². The standard InChI is InChI=1S/C16H36N2O2S/c1-10-11-17(14(2)15(3,4)5)12-13-18(16(6,7)8)21(9,19)20/h14H,10-13H2,1-9H3/t14-/m0/s1. The monoisotopic (exact) mass is 320 g/mol. The summed E-state index contributed by atoms with van der Waals surface area (Å²) >= 11 is 0. The van der Waals surface area contributed by atoms with E-state index in [-0.39, 0.29) is 11.0 Å². The summed E-state index contributed by atoms with van der Waals surface area (Å²) in [5, 5.41) is 0. The molecule has 0 bridgehead atoms. The first-order valence-electron chi connectivity index (χ1n) is 7.93. The fraction of sp³-hybridized carbons (Fsp3) is 1.00. The van der Waals surface area contributed by atoms with Crippen molar-refractivity contribution in [2.75, 3.05) is 25.9 Å². The van der Waals surface area contributed by atoms with Crippen molar-refractivity contribution in [3.05, 3.63) is 0 Å². The molecule has 0 aliphatic heterocycles. The maximum absolute atomic E-state index is 12.0. The van der Waals surface area contributed by atoms with E-state index in [0.717, 1.165) is 19.5 Å². The second-order valence-corrected chi connectivity index (χ2v) is 9.99. The Balaban J connectivity index is 5.04. The van der Waals surface area contributed by atoms with Crippen LogP contribution in [0.4, 0.5) is 0 Å². The number of rotatable bonds is 7. The van der Waals surface area contributed by atoms with Crippen LogP contribution in [0, 0.1) is 5.41 Å². The third-order valence-corrected chi connectivity index (χ3v) is 5.58. The first-order valence-corrected chi connectivity index (χ1v) is 9.78. The van der Waals surface area contributed by atoms with Gasteiger partial charge in [-0.1, -0.05) is 27.7 Å². The van der Waals surface area contributed by atoms with Gasteiger partial charge in [-0.05, 0) is 46.1 Å². The highest BCUT2D eigenvalue weighted by Gasteiger charge is 2.31. The maximum Gasteiger partial charge on any atom is 0.211 e. The summed E-state index contributed by atoms with van der Waals surface area (Å²) in [5.41, 5.74) is -0.191. The van der Waals surface area contributed by atoms with Gasteiger partial charge >= 0.3 is 0 Å². The van der Waals surface area contributed by atoms with E-state index in [0.29, 0.717) is 12.6 Å². The largest absolute Gasteiger partial charge is 0.299 e. The summed E-state index contributed by atoms with van der Waals surface area (Å²) in [6, 6.07) is 0.416. The third-order valence-electron chi connectivity index (χ3n) is 4.05. The minimum atomic E-state index is -3.19. The van der Waals surface area contributed by atoms with Gasteiger partial charge < -0.3 is 0 Å². The van der Waals surface area contributed by atoms with Crippen LogP contribution in [-0.4, -0.2) is 55.1 Å². The normalized spacial score (nSPS) is 15.8. The quantitative estimate of drug-likeness (QED) is 0.723. The van der Waals surface area contributed by atoms with Crippen molar-refractivity contribution in [3.63, 3.8) is 0 Å². The van der Waals surface area contributed by atoms with E-state index in [2.05, 4.69) is 39.5 Å². The Kier molecular flexibility index (Phi) is 7.38. The van der Waals surface area contributed by atoms with Crippen molar-refractivity contribution < 1.29 is 8.42 Å². The zero-order valence-electron chi connectivity index (χ0n) is 15.5. The molecule has 0 saturated heterocycles. The summed E-state index contributed by atoms with van der Waals surface area (Å²) in [4.78, 5) is 2.41. The third kappa shape index (κ3) is 7.11. The fourth-order valence-electron chi connectivity index (χ4n) is 2.55. The van der Waals surface area contributed by atoms with E-state index in [1.165, 1.54) is 6.26 Å². The number of nitrogens with zero attached hydrogens (tertiary/aromatic N) is 2. The molecule has 0 aromatic rings. The van der Waals surface area contributed by atoms with Gasteiger partial charge in [0.05, 0.1) is 6.26 Å². The maximum atomic E-state index is 12.0. The summed E-state index contributed by atoms with van der Waals surface area (Å²) < 4.78 is 25.7. The van der Waals surface area contributed by atoms with E-state index >= 15 is 0 Å². The van der Waals surface area contributed by atoms with Crippen LogP contribution in [-0.2, 0) is 10.0 Å². The Labute approximate surface area is 132 Å². The molecule has 0 amide bonds. The van der Waals surface area contributed by atoms with Crippen LogP contribution in [0.5, 0.6) is 0 Å². The van der Waals surface area contributed by atoms with Crippen molar-refractivity contribution in [3.8, 4) is 0 Å². The van der Waals surface area contributed by atoms with Gasteiger partial charge in [0.1, 0.15) is 0 Å². The van der Waals surface area contributed by atoms with Gasteiger partial charge in [-0.3, -0.25) is 4.90 Å². The van der Waals surface area contributed by atoms with Crippen LogP contribution in [0.1, 0.15) is 61.8 Å². The van der Waals surface area contributed by atoms with Crippen LogP contribution >= 0.6 is 0 Å². The van der Waals surface area contributed by atoms with Crippen molar-refractivity contribution in [2.45, 2.75) is 73.4 Å². The molecule has 0 aromatic heterocycles. The predicted molar refractivity (Wildman–Crippen MR) is 92.1 cm³/mol. The van der Waals surface area contributed by atoms with Crippen molar-refractivity contribution >= 4 is 10.0 Å². The molecule has 21 heavy (non-hydrogen) atoms. The average Bonchev–Trinajstić information content (AvgIpc) is 2.21. The highest BCUT2D eigenvalue weighted by Crippen LogP contribution is 2.25. The molecule has 0 fully saturated rings. The molecule has 0 aliphatic rings. The van der Waals surface area contributed by atoms with Crippen LogP contribution in [0.15, 0.2) is 0 Å². The summed E-state index contributed by atoms with van der Waals surface area (Å²) in [6.45, 7) is 19.3. The molecule has 0 radical (unpaired) electrons. The Morgan fingerprint density at radius 2 is 1.43 bits per heavy atom. The lowest BCUT2D eigenvalue weighted by Crippen LogP contribution is -2.51. The molecule has 0 spiro atoms. The van der Waals surface area contributed by atoms with Gasteiger partial charge in [-0.15, -0.1) is 0 Å². The van der Waals surface area contributed by atoms with E-state index in [1.807, 2.05) is 20.8 Å². The second-order valence-electron chi connectivity index (χ2n) is 8.08. The lowest BCUT2D eigenvalue weighted by Gasteiger charge is -2.40. The zero-order valence-corrected chi connectivity index (χ0v) is 16.3. The molecule has 4 nitrogen and oxygen atoms in total. The lowest BCUT2D eigenvalue weighted by molar-refractivity contribution is 0.0988. The highest BCUT2D eigenvalue weighted by molar-refractivity contribution is 7.88. The first-order chi connectivity index (χ1) is 9.21. The highest BCUT2D eigenvalue weighted by atomic mass is 32.2. The fourth-order valence-corrected chi connectivity index (χ4v) is 3.96. The summed E-state index contributed by atoms with van der Waals surface area (Å²) in [6.07, 6.45) is 2.38. The van der Waals surface area contributed by atoms with E-state index < -0.39 is 10.0 Å². The molecule has 0 N–H and O–H groups in total. The first kappa shape index (κ1) is 20.9. The summed E-state index contributed by atoms with van der Waals surface area (Å²) in [5.74, 6) is 0. The van der Waals surface area contributed by atoms with Gasteiger partial charge in [0.25, 0.3) is 0 Å². The SMILES string of the molecule is CCCN(CCN(C(C)(C)C)S(C)(=O)=O)[C@@H](C)C(C)(C)C. The van der Waals surface area contributed by atoms with Crippen LogP contribution < -0.4 is 0 Å². The molecule has 1 atom stereocenters. The minimum Gasteiger partial charge on any atom is -0.299 e. The molecule has 0 heterocycles. The molecule has 0 aliphatic carbocycles. The predicted octanol–water partition coefficient (Wildman–Crippen LogP) is 3.19. The van der Waals surface area contributed by atoms with Gasteiger partial charge in [0.2, 0.25) is 10.0 Å². The van der Waals surface area contributed by atoms with Gasteiger partial charge in [0.15, 0.2) is 0 Å². The number of hydrogen-bond acceptors (Lipinski definition) is 3. The Bertz CT molecular complexity index is 405. The van der Waals surface area contributed by atoms with Crippen molar-refractivity contribution in [1.82, 2.24) is 9.21 Å². The Morgan fingerprint density at radius 3 is 1.71 bits per heavy atom. The molecule has 0 rings (SSSR count). The van der Waals surface area contributed by atoms with E-state index in [1.54, 1.807) is 4.31 Å². The molecule has 0 unspecified atom stereocenters.